The maximum Gasteiger partial charge on any atom is 0.124 e. The molecule has 3 nitrogen and oxygen atoms in total. The van der Waals surface area contributed by atoms with E-state index in [1.54, 1.807) is 7.11 Å². The summed E-state index contributed by atoms with van der Waals surface area (Å²) < 4.78 is 11.5. The van der Waals surface area contributed by atoms with E-state index in [9.17, 15) is 5.11 Å². The third kappa shape index (κ3) is 3.97. The highest BCUT2D eigenvalue weighted by Crippen LogP contribution is 2.31. The van der Waals surface area contributed by atoms with Crippen LogP contribution in [0.4, 0.5) is 0 Å². The van der Waals surface area contributed by atoms with Crippen molar-refractivity contribution in [3.63, 3.8) is 0 Å². The topological polar surface area (TPSA) is 38.7 Å². The van der Waals surface area contributed by atoms with Crippen molar-refractivity contribution in [3.8, 4) is 5.75 Å². The van der Waals surface area contributed by atoms with Crippen LogP contribution in [-0.4, -0.2) is 18.3 Å². The molecule has 2 atom stereocenters. The van der Waals surface area contributed by atoms with Gasteiger partial charge in [0.1, 0.15) is 5.75 Å². The quantitative estimate of drug-likeness (QED) is 0.895. The van der Waals surface area contributed by atoms with Crippen LogP contribution < -0.4 is 4.74 Å². The van der Waals surface area contributed by atoms with Gasteiger partial charge in [-0.3, -0.25) is 0 Å². The van der Waals surface area contributed by atoms with Crippen molar-refractivity contribution < 1.29 is 14.6 Å². The van der Waals surface area contributed by atoms with Crippen LogP contribution in [0.3, 0.4) is 0 Å². The highest BCUT2D eigenvalue weighted by molar-refractivity contribution is 5.36. The summed E-state index contributed by atoms with van der Waals surface area (Å²) in [6, 6.07) is 5.75. The number of benzene rings is 1. The van der Waals surface area contributed by atoms with Gasteiger partial charge in [0.05, 0.1) is 26.4 Å². The molecular formula is C17H26O3. The maximum atomic E-state index is 9.23. The number of ether oxygens (including phenoxy) is 2. The molecule has 1 aromatic rings. The Morgan fingerprint density at radius 2 is 1.85 bits per heavy atom. The normalized spacial score (nSPS) is 26.5. The molecule has 112 valence electrons. The van der Waals surface area contributed by atoms with Crippen molar-refractivity contribution in [2.24, 2.45) is 11.8 Å². The molecule has 2 unspecified atom stereocenters. The fourth-order valence-corrected chi connectivity index (χ4v) is 3.26. The first-order valence-electron chi connectivity index (χ1n) is 7.50. The van der Waals surface area contributed by atoms with Gasteiger partial charge in [-0.15, -0.1) is 0 Å². The second kappa shape index (κ2) is 7.09. The van der Waals surface area contributed by atoms with Crippen LogP contribution in [0.25, 0.3) is 0 Å². The summed E-state index contributed by atoms with van der Waals surface area (Å²) in [6.07, 6.45) is 3.94. The van der Waals surface area contributed by atoms with Gasteiger partial charge in [-0.1, -0.05) is 19.9 Å². The van der Waals surface area contributed by atoms with E-state index in [1.165, 1.54) is 6.42 Å². The first-order valence-corrected chi connectivity index (χ1v) is 7.50. The highest BCUT2D eigenvalue weighted by atomic mass is 16.5. The average molecular weight is 278 g/mol. The minimum absolute atomic E-state index is 0.0501. The minimum Gasteiger partial charge on any atom is -0.496 e. The molecule has 1 aliphatic rings. The molecule has 0 aliphatic heterocycles. The summed E-state index contributed by atoms with van der Waals surface area (Å²) in [5.74, 6) is 2.32. The lowest BCUT2D eigenvalue weighted by atomic mass is 9.82. The Morgan fingerprint density at radius 1 is 1.15 bits per heavy atom. The lowest BCUT2D eigenvalue weighted by molar-refractivity contribution is -0.00981. The van der Waals surface area contributed by atoms with Gasteiger partial charge in [0.2, 0.25) is 0 Å². The van der Waals surface area contributed by atoms with Crippen molar-refractivity contribution in [2.75, 3.05) is 7.11 Å². The molecule has 1 fully saturated rings. The molecule has 0 spiro atoms. The maximum absolute atomic E-state index is 9.23. The van der Waals surface area contributed by atoms with E-state index >= 15 is 0 Å². The molecule has 20 heavy (non-hydrogen) atoms. The zero-order chi connectivity index (χ0) is 14.5. The van der Waals surface area contributed by atoms with Crippen LogP contribution in [-0.2, 0) is 18.0 Å². The van der Waals surface area contributed by atoms with Gasteiger partial charge in [-0.05, 0) is 48.8 Å². The highest BCUT2D eigenvalue weighted by Gasteiger charge is 2.24. The molecule has 3 heteroatoms. The van der Waals surface area contributed by atoms with E-state index in [1.807, 2.05) is 18.2 Å². The molecule has 0 aromatic heterocycles. The number of hydrogen-bond acceptors (Lipinski definition) is 3. The number of rotatable bonds is 5. The standard InChI is InChI=1S/C17H26O3/c1-12-6-13(2)8-16(7-12)20-11-15-9-14(10-18)4-5-17(15)19-3/h4-5,9,12-13,16,18H,6-8,10-11H2,1-3H3. The van der Waals surface area contributed by atoms with E-state index in [0.29, 0.717) is 12.7 Å². The SMILES string of the molecule is COc1ccc(CO)cc1COC1CC(C)CC(C)C1. The molecular weight excluding hydrogens is 252 g/mol. The van der Waals surface area contributed by atoms with Crippen molar-refractivity contribution in [1.29, 1.82) is 0 Å². The van der Waals surface area contributed by atoms with Crippen LogP contribution in [0.15, 0.2) is 18.2 Å². The lowest BCUT2D eigenvalue weighted by Gasteiger charge is -2.31. The summed E-state index contributed by atoms with van der Waals surface area (Å²) in [6.45, 7) is 5.22. The first kappa shape index (κ1) is 15.3. The van der Waals surface area contributed by atoms with Crippen molar-refractivity contribution >= 4 is 0 Å². The van der Waals surface area contributed by atoms with Gasteiger partial charge in [0.25, 0.3) is 0 Å². The molecule has 0 amide bonds. The zero-order valence-electron chi connectivity index (χ0n) is 12.8. The lowest BCUT2D eigenvalue weighted by Crippen LogP contribution is -2.26. The smallest absolute Gasteiger partial charge is 0.124 e. The number of methoxy groups -OCH3 is 1. The minimum atomic E-state index is 0.0501. The fourth-order valence-electron chi connectivity index (χ4n) is 3.26. The second-order valence-corrected chi connectivity index (χ2v) is 6.15. The van der Waals surface area contributed by atoms with Crippen molar-refractivity contribution in [3.05, 3.63) is 29.3 Å². The van der Waals surface area contributed by atoms with Crippen LogP contribution in [0, 0.1) is 11.8 Å². The van der Waals surface area contributed by atoms with E-state index in [-0.39, 0.29) is 6.61 Å². The predicted molar refractivity (Wildman–Crippen MR) is 79.7 cm³/mol. The monoisotopic (exact) mass is 278 g/mol. The summed E-state index contributed by atoms with van der Waals surface area (Å²) in [7, 11) is 1.67. The van der Waals surface area contributed by atoms with Crippen molar-refractivity contribution in [1.82, 2.24) is 0 Å². The third-order valence-corrected chi connectivity index (χ3v) is 4.14. The molecule has 0 saturated heterocycles. The largest absolute Gasteiger partial charge is 0.496 e. The Balaban J connectivity index is 1.99. The van der Waals surface area contributed by atoms with E-state index < -0.39 is 0 Å². The molecule has 1 N–H and O–H groups in total. The molecule has 1 aromatic carbocycles. The van der Waals surface area contributed by atoms with Crippen LogP contribution in [0.2, 0.25) is 0 Å². The first-order chi connectivity index (χ1) is 9.62. The Kier molecular flexibility index (Phi) is 5.44. The van der Waals surface area contributed by atoms with Crippen LogP contribution >= 0.6 is 0 Å². The fraction of sp³-hybridized carbons (Fsp3) is 0.647. The molecule has 2 rings (SSSR count). The number of aliphatic hydroxyl groups is 1. The Labute approximate surface area is 121 Å². The summed E-state index contributed by atoms with van der Waals surface area (Å²) >= 11 is 0. The van der Waals surface area contributed by atoms with Gasteiger partial charge in [0.15, 0.2) is 0 Å². The van der Waals surface area contributed by atoms with E-state index in [4.69, 9.17) is 9.47 Å². The Bertz CT molecular complexity index is 420. The summed E-state index contributed by atoms with van der Waals surface area (Å²) in [4.78, 5) is 0. The molecule has 0 radical (unpaired) electrons. The predicted octanol–water partition coefficient (Wildman–Crippen LogP) is 3.53. The van der Waals surface area contributed by atoms with Gasteiger partial charge in [-0.25, -0.2) is 0 Å². The van der Waals surface area contributed by atoms with Gasteiger partial charge >= 0.3 is 0 Å². The van der Waals surface area contributed by atoms with Crippen LogP contribution in [0.1, 0.15) is 44.2 Å². The molecule has 1 aliphatic carbocycles. The van der Waals surface area contributed by atoms with E-state index in [0.717, 1.165) is 41.6 Å². The third-order valence-electron chi connectivity index (χ3n) is 4.14. The molecule has 0 heterocycles. The second-order valence-electron chi connectivity index (χ2n) is 6.15. The number of hydrogen-bond donors (Lipinski definition) is 1. The Hall–Kier alpha value is -1.06. The Morgan fingerprint density at radius 3 is 2.45 bits per heavy atom. The summed E-state index contributed by atoms with van der Waals surface area (Å²) in [5, 5.41) is 9.23. The van der Waals surface area contributed by atoms with Gasteiger partial charge in [-0.2, -0.15) is 0 Å². The van der Waals surface area contributed by atoms with Gasteiger partial charge < -0.3 is 14.6 Å². The zero-order valence-corrected chi connectivity index (χ0v) is 12.8. The molecule has 1 saturated carbocycles. The molecule has 0 bridgehead atoms. The van der Waals surface area contributed by atoms with E-state index in [2.05, 4.69) is 13.8 Å². The van der Waals surface area contributed by atoms with Gasteiger partial charge in [0, 0.05) is 5.56 Å². The summed E-state index contributed by atoms with van der Waals surface area (Å²) in [5.41, 5.74) is 1.92. The van der Waals surface area contributed by atoms with Crippen molar-refractivity contribution in [2.45, 2.75) is 52.4 Å². The average Bonchev–Trinajstić information content (AvgIpc) is 2.43. The number of aliphatic hydroxyl groups excluding tert-OH is 1. The van der Waals surface area contributed by atoms with Crippen LogP contribution in [0.5, 0.6) is 5.75 Å².